The van der Waals surface area contributed by atoms with E-state index < -0.39 is 0 Å². The van der Waals surface area contributed by atoms with Crippen LogP contribution in [-0.4, -0.2) is 68.2 Å². The highest BCUT2D eigenvalue weighted by atomic mass is 16.3. The number of likely N-dealkylation sites (N-methyl/N-ethyl adjacent to an activating group) is 1. The van der Waals surface area contributed by atoms with Gasteiger partial charge >= 0.3 is 0 Å². The maximum Gasteiger partial charge on any atom is 0.179 e. The molecule has 0 aromatic heterocycles. The molecule has 5 nitrogen and oxygen atoms in total. The van der Waals surface area contributed by atoms with E-state index in [0.717, 1.165) is 44.0 Å². The Kier molecular flexibility index (Phi) is 5.73. The van der Waals surface area contributed by atoms with E-state index in [1.54, 1.807) is 7.05 Å². The molecule has 2 rings (SSSR count). The lowest BCUT2D eigenvalue weighted by molar-refractivity contribution is 0.0955. The Morgan fingerprint density at radius 2 is 1.86 bits per heavy atom. The topological polar surface area (TPSA) is 55.8 Å². The summed E-state index contributed by atoms with van der Waals surface area (Å²) in [6, 6.07) is 7.71. The summed E-state index contributed by atoms with van der Waals surface area (Å²) in [6.45, 7) is 6.71. The summed E-state index contributed by atoms with van der Waals surface area (Å²) in [5, 5.41) is 11.9. The summed E-state index contributed by atoms with van der Waals surface area (Å²) in [7, 11) is 1.79. The van der Waals surface area contributed by atoms with Gasteiger partial charge in [0.2, 0.25) is 0 Å². The number of piperazine rings is 1. The number of carbonyl (C=O) groups is 1. The van der Waals surface area contributed by atoms with E-state index in [1.807, 2.05) is 31.2 Å². The van der Waals surface area contributed by atoms with Crippen LogP contribution < -0.4 is 10.2 Å². The number of carbonyl (C=O) groups excluding carboxylic acids is 1. The maximum absolute atomic E-state index is 12.1. The summed E-state index contributed by atoms with van der Waals surface area (Å²) in [4.78, 5) is 16.7. The third-order valence-corrected chi connectivity index (χ3v) is 4.13. The van der Waals surface area contributed by atoms with Gasteiger partial charge in [0.05, 0.1) is 12.6 Å². The number of Topliss-reactive ketones (excluding diaryl/α,β-unsaturated/α-hetero) is 1. The fourth-order valence-electron chi connectivity index (χ4n) is 2.59. The van der Waals surface area contributed by atoms with Crippen LogP contribution in [0.3, 0.4) is 0 Å². The molecule has 1 heterocycles. The van der Waals surface area contributed by atoms with Crippen molar-refractivity contribution >= 4 is 11.5 Å². The number of benzene rings is 1. The van der Waals surface area contributed by atoms with Crippen LogP contribution in [-0.2, 0) is 0 Å². The molecule has 0 amide bonds. The monoisotopic (exact) mass is 291 g/mol. The number of hydrogen-bond donors (Lipinski definition) is 2. The van der Waals surface area contributed by atoms with Crippen LogP contribution in [0.25, 0.3) is 0 Å². The Labute approximate surface area is 126 Å². The largest absolute Gasteiger partial charge is 0.395 e. The lowest BCUT2D eigenvalue weighted by atomic mass is 10.0. The maximum atomic E-state index is 12.1. The molecule has 1 aliphatic rings. The first kappa shape index (κ1) is 15.9. The number of rotatable bonds is 6. The zero-order valence-electron chi connectivity index (χ0n) is 12.9. The second-order valence-electron chi connectivity index (χ2n) is 5.47. The molecule has 0 bridgehead atoms. The first-order chi connectivity index (χ1) is 10.2. The van der Waals surface area contributed by atoms with Crippen molar-refractivity contribution in [3.8, 4) is 0 Å². The lowest BCUT2D eigenvalue weighted by Crippen LogP contribution is -2.47. The van der Waals surface area contributed by atoms with E-state index in [1.165, 1.54) is 0 Å². The van der Waals surface area contributed by atoms with E-state index in [0.29, 0.717) is 0 Å². The van der Waals surface area contributed by atoms with Gasteiger partial charge in [-0.1, -0.05) is 0 Å². The van der Waals surface area contributed by atoms with Gasteiger partial charge in [-0.2, -0.15) is 0 Å². The lowest BCUT2D eigenvalue weighted by Gasteiger charge is -2.35. The van der Waals surface area contributed by atoms with Gasteiger partial charge in [0.15, 0.2) is 5.78 Å². The van der Waals surface area contributed by atoms with Gasteiger partial charge in [-0.15, -0.1) is 0 Å². The summed E-state index contributed by atoms with van der Waals surface area (Å²) < 4.78 is 0. The number of nitrogens with one attached hydrogen (secondary N) is 1. The average molecular weight is 291 g/mol. The fraction of sp³-hybridized carbons (Fsp3) is 0.562. The standard InChI is InChI=1S/C16H25N3O2/c1-13(17-2)16(21)14-3-5-15(6-4-14)19-9-7-18(8-10-19)11-12-20/h3-6,13,17,20H,7-12H2,1-2H3. The Morgan fingerprint density at radius 3 is 2.38 bits per heavy atom. The number of anilines is 1. The van der Waals surface area contributed by atoms with Crippen LogP contribution in [0.2, 0.25) is 0 Å². The molecule has 5 heteroatoms. The molecule has 1 atom stereocenters. The van der Waals surface area contributed by atoms with E-state index in [2.05, 4.69) is 15.1 Å². The molecule has 0 radical (unpaired) electrons. The van der Waals surface area contributed by atoms with E-state index in [4.69, 9.17) is 5.11 Å². The second-order valence-corrected chi connectivity index (χ2v) is 5.47. The summed E-state index contributed by atoms with van der Waals surface area (Å²) in [5.74, 6) is 0.122. The first-order valence-electron chi connectivity index (χ1n) is 7.55. The zero-order chi connectivity index (χ0) is 15.2. The second kappa shape index (κ2) is 7.54. The number of hydrogen-bond acceptors (Lipinski definition) is 5. The van der Waals surface area contributed by atoms with Gasteiger partial charge < -0.3 is 15.3 Å². The van der Waals surface area contributed by atoms with E-state index in [9.17, 15) is 4.79 Å². The Bertz CT molecular complexity index is 453. The quantitative estimate of drug-likeness (QED) is 0.752. The molecule has 0 spiro atoms. The average Bonchev–Trinajstić information content (AvgIpc) is 2.54. The predicted octanol–water partition coefficient (Wildman–Crippen LogP) is 0.591. The molecule has 0 aliphatic carbocycles. The van der Waals surface area contributed by atoms with Gasteiger partial charge in [-0.25, -0.2) is 0 Å². The van der Waals surface area contributed by atoms with Crippen LogP contribution in [0.1, 0.15) is 17.3 Å². The Morgan fingerprint density at radius 1 is 1.24 bits per heavy atom. The molecular formula is C16H25N3O2. The molecule has 1 unspecified atom stereocenters. The van der Waals surface area contributed by atoms with Crippen molar-refractivity contribution in [3.63, 3.8) is 0 Å². The van der Waals surface area contributed by atoms with Gasteiger partial charge in [0.25, 0.3) is 0 Å². The SMILES string of the molecule is CNC(C)C(=O)c1ccc(N2CCN(CCO)CC2)cc1. The molecule has 116 valence electrons. The molecule has 1 aromatic carbocycles. The first-order valence-corrected chi connectivity index (χ1v) is 7.55. The van der Waals surface area contributed by atoms with Crippen LogP contribution in [0, 0.1) is 0 Å². The van der Waals surface area contributed by atoms with Crippen molar-refractivity contribution in [2.45, 2.75) is 13.0 Å². The molecular weight excluding hydrogens is 266 g/mol. The number of nitrogens with zero attached hydrogens (tertiary/aromatic N) is 2. The van der Waals surface area contributed by atoms with Crippen molar-refractivity contribution in [1.82, 2.24) is 10.2 Å². The summed E-state index contributed by atoms with van der Waals surface area (Å²) >= 11 is 0. The summed E-state index contributed by atoms with van der Waals surface area (Å²) in [6.07, 6.45) is 0. The fourth-order valence-corrected chi connectivity index (χ4v) is 2.59. The smallest absolute Gasteiger partial charge is 0.179 e. The van der Waals surface area contributed by atoms with Crippen molar-refractivity contribution in [3.05, 3.63) is 29.8 Å². The van der Waals surface area contributed by atoms with Gasteiger partial charge in [-0.3, -0.25) is 9.69 Å². The van der Waals surface area contributed by atoms with Crippen molar-refractivity contribution in [2.75, 3.05) is 51.3 Å². The highest BCUT2D eigenvalue weighted by molar-refractivity contribution is 6.00. The molecule has 2 N–H and O–H groups in total. The van der Waals surface area contributed by atoms with E-state index >= 15 is 0 Å². The molecule has 21 heavy (non-hydrogen) atoms. The minimum absolute atomic E-state index is 0.122. The van der Waals surface area contributed by atoms with Crippen molar-refractivity contribution < 1.29 is 9.90 Å². The Hall–Kier alpha value is -1.43. The molecule has 1 fully saturated rings. The van der Waals surface area contributed by atoms with Gasteiger partial charge in [0, 0.05) is 44.0 Å². The Balaban J connectivity index is 1.95. The number of aliphatic hydroxyl groups excluding tert-OH is 1. The zero-order valence-corrected chi connectivity index (χ0v) is 12.9. The predicted molar refractivity (Wildman–Crippen MR) is 85.0 cm³/mol. The molecule has 1 saturated heterocycles. The van der Waals surface area contributed by atoms with E-state index in [-0.39, 0.29) is 18.4 Å². The number of aliphatic hydroxyl groups is 1. The van der Waals surface area contributed by atoms with Crippen molar-refractivity contribution in [2.24, 2.45) is 0 Å². The van der Waals surface area contributed by atoms with Gasteiger partial charge in [0.1, 0.15) is 0 Å². The van der Waals surface area contributed by atoms with Gasteiger partial charge in [-0.05, 0) is 38.2 Å². The molecule has 1 aromatic rings. The van der Waals surface area contributed by atoms with Crippen LogP contribution >= 0.6 is 0 Å². The van der Waals surface area contributed by atoms with Crippen LogP contribution in [0.15, 0.2) is 24.3 Å². The third-order valence-electron chi connectivity index (χ3n) is 4.13. The summed E-state index contributed by atoms with van der Waals surface area (Å²) in [5.41, 5.74) is 1.91. The normalized spacial score (nSPS) is 17.8. The number of ketones is 1. The highest BCUT2D eigenvalue weighted by Crippen LogP contribution is 2.18. The molecule has 1 aliphatic heterocycles. The molecule has 0 saturated carbocycles. The van der Waals surface area contributed by atoms with Crippen LogP contribution in [0.5, 0.6) is 0 Å². The van der Waals surface area contributed by atoms with Crippen molar-refractivity contribution in [1.29, 1.82) is 0 Å². The third kappa shape index (κ3) is 4.03. The highest BCUT2D eigenvalue weighted by Gasteiger charge is 2.17. The minimum atomic E-state index is -0.155. The minimum Gasteiger partial charge on any atom is -0.395 e. The number of β-amino-alcohol motifs (C(OH)–C–C–N with tert-alkyl or cyclic N) is 1. The van der Waals surface area contributed by atoms with Crippen LogP contribution in [0.4, 0.5) is 5.69 Å².